The van der Waals surface area contributed by atoms with Crippen molar-refractivity contribution in [2.75, 3.05) is 4.72 Å². The molecule has 0 bridgehead atoms. The highest BCUT2D eigenvalue weighted by Gasteiger charge is 2.31. The Morgan fingerprint density at radius 3 is 2.56 bits per heavy atom. The minimum absolute atomic E-state index is 0.154. The first-order valence-corrected chi connectivity index (χ1v) is 9.31. The maximum Gasteiger partial charge on any atom is 0.416 e. The monoisotopic (exact) mass is 387 g/mol. The molecule has 0 aliphatic rings. The predicted octanol–water partition coefficient (Wildman–Crippen LogP) is 3.97. The van der Waals surface area contributed by atoms with Crippen LogP contribution in [0, 0.1) is 0 Å². The molecule has 2 heterocycles. The molecule has 0 saturated heterocycles. The molecular formula is C15H12F3N3O2S2. The number of alkyl halides is 3. The van der Waals surface area contributed by atoms with Gasteiger partial charge in [0.15, 0.2) is 0 Å². The smallest absolute Gasteiger partial charge is 0.264 e. The molecule has 0 radical (unpaired) electrons. The van der Waals surface area contributed by atoms with Gasteiger partial charge in [0.05, 0.1) is 15.3 Å². The molecule has 3 aromatic rings. The SMILES string of the molecule is Cn1nc(-c2cccs2)cc1NS(=O)(=O)c1cccc(C(F)(F)F)c1. The Kier molecular flexibility index (Phi) is 4.33. The van der Waals surface area contributed by atoms with Gasteiger partial charge in [0.1, 0.15) is 11.5 Å². The number of nitrogens with zero attached hydrogens (tertiary/aromatic N) is 2. The molecule has 0 amide bonds. The van der Waals surface area contributed by atoms with Crippen LogP contribution in [0.2, 0.25) is 0 Å². The lowest BCUT2D eigenvalue weighted by Gasteiger charge is -2.11. The molecule has 2 aromatic heterocycles. The number of aromatic nitrogens is 2. The first-order chi connectivity index (χ1) is 11.7. The van der Waals surface area contributed by atoms with Crippen molar-refractivity contribution < 1.29 is 21.6 Å². The Morgan fingerprint density at radius 1 is 1.16 bits per heavy atom. The Labute approximate surface area is 145 Å². The highest BCUT2D eigenvalue weighted by molar-refractivity contribution is 7.92. The van der Waals surface area contributed by atoms with Crippen molar-refractivity contribution >= 4 is 27.2 Å². The van der Waals surface area contributed by atoms with Crippen LogP contribution in [0.3, 0.4) is 0 Å². The van der Waals surface area contributed by atoms with E-state index in [-0.39, 0.29) is 5.82 Å². The molecule has 3 rings (SSSR count). The van der Waals surface area contributed by atoms with Crippen LogP contribution in [0.15, 0.2) is 52.7 Å². The standard InChI is InChI=1S/C15H12F3N3O2S2/c1-21-14(9-12(19-21)13-6-3-7-24-13)20-25(22,23)11-5-2-4-10(8-11)15(16,17)18/h2-9,20H,1H3. The van der Waals surface area contributed by atoms with E-state index in [0.29, 0.717) is 11.8 Å². The summed E-state index contributed by atoms with van der Waals surface area (Å²) in [7, 11) is -2.64. The Hall–Kier alpha value is -2.33. The minimum atomic E-state index is -4.62. The maximum atomic E-state index is 12.8. The van der Waals surface area contributed by atoms with Gasteiger partial charge in [-0.1, -0.05) is 12.1 Å². The summed E-state index contributed by atoms with van der Waals surface area (Å²) in [6.45, 7) is 0. The van der Waals surface area contributed by atoms with Crippen molar-refractivity contribution in [1.29, 1.82) is 0 Å². The van der Waals surface area contributed by atoms with Gasteiger partial charge in [-0.05, 0) is 29.6 Å². The average Bonchev–Trinajstić information content (AvgIpc) is 3.17. The number of hydrogen-bond acceptors (Lipinski definition) is 4. The van der Waals surface area contributed by atoms with Gasteiger partial charge in [-0.15, -0.1) is 11.3 Å². The average molecular weight is 387 g/mol. The predicted molar refractivity (Wildman–Crippen MR) is 88.8 cm³/mol. The van der Waals surface area contributed by atoms with Crippen LogP contribution in [0.5, 0.6) is 0 Å². The van der Waals surface area contributed by atoms with Crippen LogP contribution in [0.4, 0.5) is 19.0 Å². The molecule has 132 valence electrons. The first-order valence-electron chi connectivity index (χ1n) is 6.95. The topological polar surface area (TPSA) is 64.0 Å². The van der Waals surface area contributed by atoms with Gasteiger partial charge >= 0.3 is 6.18 Å². The van der Waals surface area contributed by atoms with E-state index in [4.69, 9.17) is 0 Å². The van der Waals surface area contributed by atoms with Crippen LogP contribution < -0.4 is 4.72 Å². The van der Waals surface area contributed by atoms with Crippen molar-refractivity contribution in [3.05, 3.63) is 53.4 Å². The normalized spacial score (nSPS) is 12.3. The lowest BCUT2D eigenvalue weighted by Crippen LogP contribution is -2.16. The van der Waals surface area contributed by atoms with Gasteiger partial charge in [-0.3, -0.25) is 9.40 Å². The lowest BCUT2D eigenvalue weighted by atomic mass is 10.2. The molecule has 5 nitrogen and oxygen atoms in total. The molecule has 0 spiro atoms. The molecule has 1 aromatic carbocycles. The highest BCUT2D eigenvalue weighted by Crippen LogP contribution is 2.31. The third kappa shape index (κ3) is 3.69. The van der Waals surface area contributed by atoms with E-state index < -0.39 is 26.7 Å². The van der Waals surface area contributed by atoms with Crippen molar-refractivity contribution in [3.63, 3.8) is 0 Å². The van der Waals surface area contributed by atoms with Gasteiger partial charge in [-0.2, -0.15) is 18.3 Å². The fraction of sp³-hybridized carbons (Fsp3) is 0.133. The molecule has 0 aliphatic carbocycles. The molecule has 10 heteroatoms. The van der Waals surface area contributed by atoms with Crippen LogP contribution in [0.1, 0.15) is 5.56 Å². The molecular weight excluding hydrogens is 375 g/mol. The molecule has 0 unspecified atom stereocenters. The Bertz CT molecular complexity index is 993. The van der Waals surface area contributed by atoms with Crippen molar-refractivity contribution in [1.82, 2.24) is 9.78 Å². The highest BCUT2D eigenvalue weighted by atomic mass is 32.2. The largest absolute Gasteiger partial charge is 0.416 e. The van der Waals surface area contributed by atoms with Gasteiger partial charge in [-0.25, -0.2) is 8.42 Å². The second-order valence-electron chi connectivity index (χ2n) is 5.15. The zero-order valence-electron chi connectivity index (χ0n) is 12.8. The van der Waals surface area contributed by atoms with Gasteiger partial charge in [0.25, 0.3) is 10.0 Å². The zero-order valence-corrected chi connectivity index (χ0v) is 14.4. The summed E-state index contributed by atoms with van der Waals surface area (Å²) in [5.74, 6) is 0.154. The maximum absolute atomic E-state index is 12.8. The third-order valence-corrected chi connectivity index (χ3v) is 5.61. The number of aryl methyl sites for hydroxylation is 1. The fourth-order valence-corrected chi connectivity index (χ4v) is 3.95. The molecule has 25 heavy (non-hydrogen) atoms. The second-order valence-corrected chi connectivity index (χ2v) is 7.78. The first kappa shape index (κ1) is 17.5. The molecule has 0 saturated carbocycles. The fourth-order valence-electron chi connectivity index (χ4n) is 2.14. The van der Waals surface area contributed by atoms with Crippen molar-refractivity contribution in [2.45, 2.75) is 11.1 Å². The summed E-state index contributed by atoms with van der Waals surface area (Å²) in [5, 5.41) is 6.07. The molecule has 0 fully saturated rings. The third-order valence-electron chi connectivity index (χ3n) is 3.36. The summed E-state index contributed by atoms with van der Waals surface area (Å²) in [6.07, 6.45) is -4.62. The van der Waals surface area contributed by atoms with Gasteiger partial charge in [0.2, 0.25) is 0 Å². The van der Waals surface area contributed by atoms with Crippen molar-refractivity contribution in [3.8, 4) is 10.6 Å². The van der Waals surface area contributed by atoms with E-state index in [9.17, 15) is 21.6 Å². The summed E-state index contributed by atoms with van der Waals surface area (Å²) < 4.78 is 66.8. The van der Waals surface area contributed by atoms with Crippen LogP contribution in [0.25, 0.3) is 10.6 Å². The van der Waals surface area contributed by atoms with E-state index in [2.05, 4.69) is 9.82 Å². The van der Waals surface area contributed by atoms with E-state index in [0.717, 1.165) is 23.1 Å². The molecule has 1 N–H and O–H groups in total. The lowest BCUT2D eigenvalue weighted by molar-refractivity contribution is -0.137. The van der Waals surface area contributed by atoms with Gasteiger partial charge in [0, 0.05) is 13.1 Å². The van der Waals surface area contributed by atoms with Crippen LogP contribution in [-0.2, 0) is 23.2 Å². The second kappa shape index (κ2) is 6.19. The number of thiophene rings is 1. The number of halogens is 3. The Morgan fingerprint density at radius 2 is 1.92 bits per heavy atom. The number of nitrogens with one attached hydrogen (secondary N) is 1. The number of rotatable bonds is 4. The quantitative estimate of drug-likeness (QED) is 0.737. The summed E-state index contributed by atoms with van der Waals surface area (Å²) in [5.41, 5.74) is -0.459. The minimum Gasteiger partial charge on any atom is -0.264 e. The van der Waals surface area contributed by atoms with E-state index >= 15 is 0 Å². The number of benzene rings is 1. The summed E-state index contributed by atoms with van der Waals surface area (Å²) in [6, 6.07) is 8.76. The van der Waals surface area contributed by atoms with Gasteiger partial charge < -0.3 is 0 Å². The van der Waals surface area contributed by atoms with Crippen LogP contribution >= 0.6 is 11.3 Å². The van der Waals surface area contributed by atoms with E-state index in [1.807, 2.05) is 17.5 Å². The number of anilines is 1. The Balaban J connectivity index is 1.92. The summed E-state index contributed by atoms with van der Waals surface area (Å²) >= 11 is 1.44. The summed E-state index contributed by atoms with van der Waals surface area (Å²) in [4.78, 5) is 0.376. The van der Waals surface area contributed by atoms with E-state index in [1.54, 1.807) is 7.05 Å². The van der Waals surface area contributed by atoms with Crippen molar-refractivity contribution in [2.24, 2.45) is 7.05 Å². The molecule has 0 atom stereocenters. The number of sulfonamides is 1. The van der Waals surface area contributed by atoms with Crippen LogP contribution in [-0.4, -0.2) is 18.2 Å². The number of hydrogen-bond donors (Lipinski definition) is 1. The zero-order chi connectivity index (χ0) is 18.2. The van der Waals surface area contributed by atoms with E-state index in [1.165, 1.54) is 22.1 Å². The molecule has 0 aliphatic heterocycles.